The van der Waals surface area contributed by atoms with Crippen LogP contribution < -0.4 is 4.74 Å². The molecule has 0 saturated heterocycles. The van der Waals surface area contributed by atoms with E-state index in [1.807, 2.05) is 0 Å². The smallest absolute Gasteiger partial charge is 0.130 e. The molecule has 0 unspecified atom stereocenters. The predicted molar refractivity (Wildman–Crippen MR) is 144 cm³/mol. The van der Waals surface area contributed by atoms with Crippen molar-refractivity contribution in [2.75, 3.05) is 0 Å². The van der Waals surface area contributed by atoms with Crippen LogP contribution in [0.4, 0.5) is 0 Å². The van der Waals surface area contributed by atoms with Crippen molar-refractivity contribution in [3.05, 3.63) is 59.7 Å². The first-order valence-electron chi connectivity index (χ1n) is 13.2. The van der Waals surface area contributed by atoms with E-state index in [0.717, 1.165) is 24.3 Å². The number of halogens is 1. The second-order valence-electron chi connectivity index (χ2n) is 9.06. The highest BCUT2D eigenvalue weighted by molar-refractivity contribution is 5.85. The van der Waals surface area contributed by atoms with Gasteiger partial charge in [0, 0.05) is 0 Å². The molecular formula is C30H47ClO. The molecule has 2 aromatic carbocycles. The van der Waals surface area contributed by atoms with E-state index in [1.54, 1.807) is 0 Å². The van der Waals surface area contributed by atoms with Gasteiger partial charge in [0.25, 0.3) is 0 Å². The molecule has 0 saturated carbocycles. The van der Waals surface area contributed by atoms with E-state index in [9.17, 15) is 0 Å². The first-order chi connectivity index (χ1) is 15.3. The first kappa shape index (κ1) is 28.6. The summed E-state index contributed by atoms with van der Waals surface area (Å²) in [6.45, 7) is 4.56. The van der Waals surface area contributed by atoms with Gasteiger partial charge in [-0.1, -0.05) is 127 Å². The van der Waals surface area contributed by atoms with E-state index < -0.39 is 0 Å². The molecule has 0 spiro atoms. The minimum absolute atomic E-state index is 0. The quantitative estimate of drug-likeness (QED) is 0.202. The van der Waals surface area contributed by atoms with Gasteiger partial charge in [-0.3, -0.25) is 0 Å². The maximum atomic E-state index is 6.46. The first-order valence-corrected chi connectivity index (χ1v) is 13.2. The Labute approximate surface area is 204 Å². The Balaban J connectivity index is 0.00000512. The predicted octanol–water partition coefficient (Wildman–Crippen LogP) is 10.5. The summed E-state index contributed by atoms with van der Waals surface area (Å²) in [6, 6.07) is 17.3. The molecule has 0 fully saturated rings. The summed E-state index contributed by atoms with van der Waals surface area (Å²) >= 11 is 0. The number of unbranched alkanes of at least 4 members (excludes halogenated alkanes) is 12. The van der Waals surface area contributed by atoms with Crippen molar-refractivity contribution in [3.8, 4) is 11.5 Å². The summed E-state index contributed by atoms with van der Waals surface area (Å²) in [5, 5.41) is 0. The molecule has 2 heteroatoms. The van der Waals surface area contributed by atoms with E-state index >= 15 is 0 Å². The highest BCUT2D eigenvalue weighted by Crippen LogP contribution is 2.30. The Morgan fingerprint density at radius 3 is 1.22 bits per heavy atom. The Hall–Kier alpha value is -1.47. The van der Waals surface area contributed by atoms with Crippen molar-refractivity contribution in [2.45, 2.75) is 117 Å². The maximum absolute atomic E-state index is 6.46. The average Bonchev–Trinajstić information content (AvgIpc) is 2.80. The maximum Gasteiger partial charge on any atom is 0.130 e. The third-order valence-electron chi connectivity index (χ3n) is 6.26. The van der Waals surface area contributed by atoms with Gasteiger partial charge in [-0.05, 0) is 48.9 Å². The van der Waals surface area contributed by atoms with E-state index in [-0.39, 0.29) is 12.4 Å². The van der Waals surface area contributed by atoms with Crippen LogP contribution in [-0.4, -0.2) is 0 Å². The summed E-state index contributed by atoms with van der Waals surface area (Å²) < 4.78 is 6.46. The van der Waals surface area contributed by atoms with Gasteiger partial charge in [0.15, 0.2) is 0 Å². The lowest BCUT2D eigenvalue weighted by molar-refractivity contribution is 0.466. The Kier molecular flexibility index (Phi) is 17.0. The number of aryl methyl sites for hydroxylation is 2. The van der Waals surface area contributed by atoms with Gasteiger partial charge in [-0.25, -0.2) is 0 Å². The Bertz CT molecular complexity index is 637. The number of hydrogen-bond acceptors (Lipinski definition) is 1. The van der Waals surface area contributed by atoms with Crippen LogP contribution >= 0.6 is 12.4 Å². The molecular weight excluding hydrogens is 412 g/mol. The molecule has 0 bridgehead atoms. The van der Waals surface area contributed by atoms with Crippen molar-refractivity contribution < 1.29 is 4.74 Å². The van der Waals surface area contributed by atoms with Crippen LogP contribution in [0.2, 0.25) is 0 Å². The molecule has 0 radical (unpaired) electrons. The Morgan fingerprint density at radius 1 is 0.469 bits per heavy atom. The minimum Gasteiger partial charge on any atom is -0.457 e. The molecule has 0 atom stereocenters. The van der Waals surface area contributed by atoms with Crippen LogP contribution in [0, 0.1) is 0 Å². The molecule has 0 amide bonds. The summed E-state index contributed by atoms with van der Waals surface area (Å²) in [5.41, 5.74) is 2.70. The zero-order valence-corrected chi connectivity index (χ0v) is 21.6. The lowest BCUT2D eigenvalue weighted by Crippen LogP contribution is -1.96. The molecule has 180 valence electrons. The molecule has 0 aromatic heterocycles. The lowest BCUT2D eigenvalue weighted by Gasteiger charge is -2.14. The van der Waals surface area contributed by atoms with Crippen LogP contribution in [0.25, 0.3) is 0 Å². The van der Waals surface area contributed by atoms with Crippen LogP contribution in [0.3, 0.4) is 0 Å². The Morgan fingerprint density at radius 2 is 0.812 bits per heavy atom. The minimum atomic E-state index is 0. The number of hydrogen-bond donors (Lipinski definition) is 0. The number of rotatable bonds is 18. The van der Waals surface area contributed by atoms with Crippen molar-refractivity contribution in [1.82, 2.24) is 0 Å². The molecule has 0 aliphatic carbocycles. The van der Waals surface area contributed by atoms with E-state index in [1.165, 1.54) is 101 Å². The molecule has 0 heterocycles. The molecule has 2 aromatic rings. The fourth-order valence-corrected chi connectivity index (χ4v) is 4.28. The summed E-state index contributed by atoms with van der Waals surface area (Å²) in [5.74, 6) is 2.08. The highest BCUT2D eigenvalue weighted by Gasteiger charge is 2.08. The van der Waals surface area contributed by atoms with E-state index in [0.29, 0.717) is 0 Å². The van der Waals surface area contributed by atoms with Crippen LogP contribution in [0.15, 0.2) is 48.5 Å². The number of ether oxygens (including phenoxy) is 1. The number of benzene rings is 2. The molecule has 0 aliphatic rings. The van der Waals surface area contributed by atoms with Gasteiger partial charge >= 0.3 is 0 Å². The summed E-state index contributed by atoms with van der Waals surface area (Å²) in [6.07, 6.45) is 21.1. The molecule has 32 heavy (non-hydrogen) atoms. The molecule has 0 N–H and O–H groups in total. The number of para-hydroxylation sites is 2. The van der Waals surface area contributed by atoms with Crippen molar-refractivity contribution in [3.63, 3.8) is 0 Å². The van der Waals surface area contributed by atoms with Gasteiger partial charge in [0.1, 0.15) is 11.5 Å². The van der Waals surface area contributed by atoms with Crippen molar-refractivity contribution in [2.24, 2.45) is 0 Å². The summed E-state index contributed by atoms with van der Waals surface area (Å²) in [7, 11) is 0. The molecule has 0 aliphatic heterocycles. The second-order valence-corrected chi connectivity index (χ2v) is 9.06. The molecule has 2 rings (SSSR count). The summed E-state index contributed by atoms with van der Waals surface area (Å²) in [4.78, 5) is 0. The van der Waals surface area contributed by atoms with Crippen LogP contribution in [0.1, 0.15) is 115 Å². The van der Waals surface area contributed by atoms with Gasteiger partial charge < -0.3 is 4.74 Å². The third kappa shape index (κ3) is 12.0. The van der Waals surface area contributed by atoms with Crippen molar-refractivity contribution in [1.29, 1.82) is 0 Å². The normalized spacial score (nSPS) is 10.7. The lowest BCUT2D eigenvalue weighted by atomic mass is 10.0. The van der Waals surface area contributed by atoms with Gasteiger partial charge in [-0.2, -0.15) is 0 Å². The van der Waals surface area contributed by atoms with Gasteiger partial charge in [-0.15, -0.1) is 12.4 Å². The van der Waals surface area contributed by atoms with Crippen LogP contribution in [-0.2, 0) is 12.8 Å². The SMILES string of the molecule is CCCCCCCCCc1ccccc1Oc1ccccc1CCCCCCCCC.Cl. The van der Waals surface area contributed by atoms with Gasteiger partial charge in [0.05, 0.1) is 0 Å². The second kappa shape index (κ2) is 19.0. The fraction of sp³-hybridized carbons (Fsp3) is 0.600. The van der Waals surface area contributed by atoms with Crippen molar-refractivity contribution >= 4 is 12.4 Å². The third-order valence-corrected chi connectivity index (χ3v) is 6.26. The van der Waals surface area contributed by atoms with E-state index in [2.05, 4.69) is 62.4 Å². The highest BCUT2D eigenvalue weighted by atomic mass is 35.5. The molecule has 1 nitrogen and oxygen atoms in total. The zero-order valence-electron chi connectivity index (χ0n) is 20.7. The van der Waals surface area contributed by atoms with E-state index in [4.69, 9.17) is 4.74 Å². The monoisotopic (exact) mass is 458 g/mol. The topological polar surface area (TPSA) is 9.23 Å². The zero-order chi connectivity index (χ0) is 22.0. The van der Waals surface area contributed by atoms with Gasteiger partial charge in [0.2, 0.25) is 0 Å². The average molecular weight is 459 g/mol. The standard InChI is InChI=1S/C30H46O.ClH/c1-3-5-7-9-11-13-15-21-27-23-17-19-25-29(27)31-30-26-20-18-24-28(30)22-16-14-12-10-8-6-4-2;/h17-20,23-26H,3-16,21-22H2,1-2H3;1H. The fourth-order valence-electron chi connectivity index (χ4n) is 4.28. The van der Waals surface area contributed by atoms with Crippen LogP contribution in [0.5, 0.6) is 11.5 Å². The largest absolute Gasteiger partial charge is 0.457 e.